The molecule has 1 aromatic carbocycles. The molecule has 0 aliphatic rings. The number of ether oxygens (including phenoxy) is 1. The Balaban J connectivity index is 2.79. The molecule has 0 saturated carbocycles. The van der Waals surface area contributed by atoms with E-state index in [2.05, 4.69) is 4.74 Å². The molecule has 0 saturated heterocycles. The van der Waals surface area contributed by atoms with Gasteiger partial charge in [-0.15, -0.1) is 13.2 Å². The number of hydrogen-bond donors (Lipinski definition) is 2. The second-order valence-corrected chi connectivity index (χ2v) is 2.53. The highest BCUT2D eigenvalue weighted by Gasteiger charge is 2.30. The van der Waals surface area contributed by atoms with E-state index in [-0.39, 0.29) is 11.6 Å². The Morgan fingerprint density at radius 3 is 2.07 bits per heavy atom. The third kappa shape index (κ3) is 2.96. The molecule has 0 unspecified atom stereocenters. The lowest BCUT2D eigenvalue weighted by atomic mass is 10.2. The Labute approximate surface area is 77.8 Å². The van der Waals surface area contributed by atoms with Gasteiger partial charge in [0.15, 0.2) is 0 Å². The Morgan fingerprint density at radius 2 is 1.71 bits per heavy atom. The maximum absolute atomic E-state index is 11.7. The quantitative estimate of drug-likeness (QED) is 0.529. The molecule has 3 nitrogen and oxygen atoms in total. The summed E-state index contributed by atoms with van der Waals surface area (Å²) >= 11 is 0. The van der Waals surface area contributed by atoms with Crippen LogP contribution < -0.4 is 15.9 Å². The normalized spacial score (nSPS) is 11.1. The van der Waals surface area contributed by atoms with Crippen LogP contribution in [-0.4, -0.2) is 12.2 Å². The largest absolute Gasteiger partial charge is 0.573 e. The average molecular weight is 205 g/mol. The average Bonchev–Trinajstić information content (AvgIpc) is 2.02. The van der Waals surface area contributed by atoms with E-state index in [4.69, 9.17) is 11.1 Å². The molecule has 0 radical (unpaired) electrons. The van der Waals surface area contributed by atoms with E-state index < -0.39 is 6.36 Å². The molecule has 0 aliphatic carbocycles. The van der Waals surface area contributed by atoms with Crippen LogP contribution in [0, 0.1) is 0 Å². The van der Waals surface area contributed by atoms with Crippen LogP contribution in [0.25, 0.3) is 0 Å². The van der Waals surface area contributed by atoms with Crippen molar-refractivity contribution in [2.45, 2.75) is 6.36 Å². The van der Waals surface area contributed by atoms with Crippen LogP contribution in [0.3, 0.4) is 0 Å². The molecular formula is C8H8F3N2O+. The molecule has 4 N–H and O–H groups in total. The summed E-state index contributed by atoms with van der Waals surface area (Å²) in [7, 11) is 0. The van der Waals surface area contributed by atoms with Crippen molar-refractivity contribution in [2.75, 3.05) is 0 Å². The maximum Gasteiger partial charge on any atom is 0.573 e. The number of rotatable bonds is 2. The molecule has 14 heavy (non-hydrogen) atoms. The minimum Gasteiger partial charge on any atom is -0.406 e. The zero-order chi connectivity index (χ0) is 10.8. The molecule has 0 bridgehead atoms. The first-order valence-electron chi connectivity index (χ1n) is 3.62. The summed E-state index contributed by atoms with van der Waals surface area (Å²) in [5, 5.41) is 5.22. The lowest BCUT2D eigenvalue weighted by Gasteiger charge is -2.08. The predicted octanol–water partition coefficient (Wildman–Crippen LogP) is 0.0496. The zero-order valence-corrected chi connectivity index (χ0v) is 7.01. The zero-order valence-electron chi connectivity index (χ0n) is 7.01. The Bertz CT molecular complexity index is 331. The molecule has 0 spiro atoms. The van der Waals surface area contributed by atoms with Crippen LogP contribution >= 0.6 is 0 Å². The molecule has 0 aliphatic heterocycles. The van der Waals surface area contributed by atoms with E-state index in [1.165, 1.54) is 12.1 Å². The number of nitrogens with two attached hydrogens (primary N) is 2. The lowest BCUT2D eigenvalue weighted by Crippen LogP contribution is -2.46. The summed E-state index contributed by atoms with van der Waals surface area (Å²) in [6.45, 7) is 0. The van der Waals surface area contributed by atoms with Gasteiger partial charge in [0.1, 0.15) is 5.75 Å². The highest BCUT2D eigenvalue weighted by molar-refractivity contribution is 5.92. The third-order valence-electron chi connectivity index (χ3n) is 1.42. The van der Waals surface area contributed by atoms with Gasteiger partial charge in [-0.05, 0) is 24.3 Å². The Kier molecular flexibility index (Phi) is 2.64. The molecule has 76 valence electrons. The van der Waals surface area contributed by atoms with Crippen LogP contribution in [0.15, 0.2) is 24.3 Å². The molecule has 6 heteroatoms. The number of hydrogen-bond acceptors (Lipinski definition) is 1. The standard InChI is InChI=1S/C8H7F3N2O/c9-8(10,11)14-6-3-1-5(2-4-6)7(12)13/h1-4H,(H3,12,13)/p+1. The maximum atomic E-state index is 11.7. The van der Waals surface area contributed by atoms with Crippen molar-refractivity contribution in [1.82, 2.24) is 0 Å². The molecule has 0 amide bonds. The van der Waals surface area contributed by atoms with Gasteiger partial charge in [0, 0.05) is 0 Å². The van der Waals surface area contributed by atoms with Crippen LogP contribution in [0.4, 0.5) is 13.2 Å². The highest BCUT2D eigenvalue weighted by atomic mass is 19.4. The van der Waals surface area contributed by atoms with Crippen molar-refractivity contribution >= 4 is 5.84 Å². The van der Waals surface area contributed by atoms with Crippen molar-refractivity contribution < 1.29 is 23.3 Å². The summed E-state index contributed by atoms with van der Waals surface area (Å²) in [4.78, 5) is 0. The highest BCUT2D eigenvalue weighted by Crippen LogP contribution is 2.22. The van der Waals surface area contributed by atoms with Crippen molar-refractivity contribution in [3.63, 3.8) is 0 Å². The topological polar surface area (TPSA) is 60.8 Å². The molecule has 0 fully saturated rings. The fraction of sp³-hybridized carbons (Fsp3) is 0.125. The van der Waals surface area contributed by atoms with Gasteiger partial charge in [-0.2, -0.15) is 0 Å². The summed E-state index contributed by atoms with van der Waals surface area (Å²) in [5.41, 5.74) is 5.68. The smallest absolute Gasteiger partial charge is 0.406 e. The van der Waals surface area contributed by atoms with E-state index in [1.54, 1.807) is 0 Å². The third-order valence-corrected chi connectivity index (χ3v) is 1.42. The SMILES string of the molecule is NC(=[NH2+])c1ccc(OC(F)(F)F)cc1. The van der Waals surface area contributed by atoms with Crippen LogP contribution in [0.5, 0.6) is 5.75 Å². The van der Waals surface area contributed by atoms with Gasteiger partial charge >= 0.3 is 6.36 Å². The number of alkyl halides is 3. The van der Waals surface area contributed by atoms with Crippen molar-refractivity contribution in [1.29, 1.82) is 0 Å². The monoisotopic (exact) mass is 205 g/mol. The minimum absolute atomic E-state index is 0.0450. The van der Waals surface area contributed by atoms with Crippen LogP contribution in [0.2, 0.25) is 0 Å². The van der Waals surface area contributed by atoms with Crippen LogP contribution in [0.1, 0.15) is 5.56 Å². The van der Waals surface area contributed by atoms with Crippen molar-refractivity contribution in [3.8, 4) is 5.75 Å². The molecule has 0 heterocycles. The second kappa shape index (κ2) is 3.57. The Morgan fingerprint density at radius 1 is 1.21 bits per heavy atom. The summed E-state index contributed by atoms with van der Waals surface area (Å²) in [6.07, 6.45) is -4.68. The van der Waals surface area contributed by atoms with Gasteiger partial charge in [0.05, 0.1) is 5.56 Å². The summed E-state index contributed by atoms with van der Waals surface area (Å²) < 4.78 is 38.8. The molecule has 0 aromatic heterocycles. The van der Waals surface area contributed by atoms with Gasteiger partial charge < -0.3 is 4.74 Å². The number of amidine groups is 1. The predicted molar refractivity (Wildman–Crippen MR) is 43.3 cm³/mol. The molecule has 1 aromatic rings. The van der Waals surface area contributed by atoms with Gasteiger partial charge in [-0.3, -0.25) is 11.1 Å². The van der Waals surface area contributed by atoms with E-state index in [0.717, 1.165) is 12.1 Å². The van der Waals surface area contributed by atoms with Crippen molar-refractivity contribution in [3.05, 3.63) is 29.8 Å². The summed E-state index contributed by atoms with van der Waals surface area (Å²) in [5.74, 6) is -0.258. The van der Waals surface area contributed by atoms with E-state index in [0.29, 0.717) is 5.56 Å². The fourth-order valence-corrected chi connectivity index (χ4v) is 0.849. The van der Waals surface area contributed by atoms with Crippen LogP contribution in [-0.2, 0) is 0 Å². The van der Waals surface area contributed by atoms with E-state index in [1.807, 2.05) is 0 Å². The van der Waals surface area contributed by atoms with E-state index in [9.17, 15) is 13.2 Å². The number of benzene rings is 1. The number of halogens is 3. The fourth-order valence-electron chi connectivity index (χ4n) is 0.849. The van der Waals surface area contributed by atoms with Gasteiger partial charge in [0.2, 0.25) is 0 Å². The molecule has 1 rings (SSSR count). The van der Waals surface area contributed by atoms with Gasteiger partial charge in [-0.25, -0.2) is 0 Å². The van der Waals surface area contributed by atoms with Gasteiger partial charge in [-0.1, -0.05) is 0 Å². The van der Waals surface area contributed by atoms with Crippen molar-refractivity contribution in [2.24, 2.45) is 5.73 Å². The first-order chi connectivity index (χ1) is 6.38. The van der Waals surface area contributed by atoms with E-state index >= 15 is 0 Å². The lowest BCUT2D eigenvalue weighted by molar-refractivity contribution is -0.274. The molecule has 0 atom stereocenters. The summed E-state index contributed by atoms with van der Waals surface area (Å²) in [6, 6.07) is 4.97. The first-order valence-corrected chi connectivity index (χ1v) is 3.62. The second-order valence-electron chi connectivity index (χ2n) is 2.53. The minimum atomic E-state index is -4.68. The molecular weight excluding hydrogens is 197 g/mol. The first kappa shape index (κ1) is 10.4. The Hall–Kier alpha value is -1.72. The van der Waals surface area contributed by atoms with Gasteiger partial charge in [0.25, 0.3) is 5.84 Å².